The van der Waals surface area contributed by atoms with E-state index in [1.165, 1.54) is 12.1 Å². The van der Waals surface area contributed by atoms with Crippen molar-refractivity contribution < 1.29 is 13.2 Å². The number of hydrogen-bond acceptors (Lipinski definition) is 3. The molecule has 1 aromatic carbocycles. The molecular formula is C10H11Cl3O3S. The van der Waals surface area contributed by atoms with Crippen molar-refractivity contribution in [1.82, 2.24) is 0 Å². The number of halogens is 3. The Morgan fingerprint density at radius 1 is 1.24 bits per heavy atom. The van der Waals surface area contributed by atoms with Gasteiger partial charge in [0.05, 0.1) is 11.6 Å². The summed E-state index contributed by atoms with van der Waals surface area (Å²) in [5, 5.41) is -0.0723. The van der Waals surface area contributed by atoms with Gasteiger partial charge in [0.25, 0.3) is 9.05 Å². The van der Waals surface area contributed by atoms with Crippen LogP contribution in [-0.4, -0.2) is 15.0 Å². The van der Waals surface area contributed by atoms with E-state index in [1.807, 2.05) is 13.8 Å². The second-order valence-corrected chi connectivity index (χ2v) is 7.12. The van der Waals surface area contributed by atoms with Crippen molar-refractivity contribution in [2.75, 3.05) is 6.61 Å². The Balaban J connectivity index is 3.11. The molecule has 1 rings (SSSR count). The van der Waals surface area contributed by atoms with E-state index < -0.39 is 9.05 Å². The topological polar surface area (TPSA) is 43.4 Å². The molecule has 0 heterocycles. The van der Waals surface area contributed by atoms with Crippen LogP contribution in [0.25, 0.3) is 0 Å². The van der Waals surface area contributed by atoms with Crippen molar-refractivity contribution in [1.29, 1.82) is 0 Å². The monoisotopic (exact) mass is 316 g/mol. The van der Waals surface area contributed by atoms with E-state index >= 15 is 0 Å². The van der Waals surface area contributed by atoms with Crippen LogP contribution in [0.1, 0.15) is 13.8 Å². The molecule has 0 unspecified atom stereocenters. The van der Waals surface area contributed by atoms with Gasteiger partial charge in [0.15, 0.2) is 0 Å². The molecule has 17 heavy (non-hydrogen) atoms. The van der Waals surface area contributed by atoms with E-state index in [0.29, 0.717) is 18.3 Å². The van der Waals surface area contributed by atoms with Gasteiger partial charge in [0.2, 0.25) is 0 Å². The van der Waals surface area contributed by atoms with Crippen LogP contribution in [0.5, 0.6) is 5.75 Å². The van der Waals surface area contributed by atoms with E-state index in [9.17, 15) is 8.42 Å². The summed E-state index contributed by atoms with van der Waals surface area (Å²) < 4.78 is 27.7. The highest BCUT2D eigenvalue weighted by molar-refractivity contribution is 8.13. The van der Waals surface area contributed by atoms with Gasteiger partial charge in [-0.15, -0.1) is 0 Å². The van der Waals surface area contributed by atoms with E-state index in [1.54, 1.807) is 0 Å². The molecule has 0 spiro atoms. The van der Waals surface area contributed by atoms with Crippen LogP contribution in [0.2, 0.25) is 10.0 Å². The molecule has 0 saturated carbocycles. The smallest absolute Gasteiger partial charge is 0.262 e. The molecular weight excluding hydrogens is 307 g/mol. The Morgan fingerprint density at radius 2 is 1.82 bits per heavy atom. The van der Waals surface area contributed by atoms with Gasteiger partial charge in [-0.3, -0.25) is 0 Å². The molecule has 0 radical (unpaired) electrons. The zero-order valence-corrected chi connectivity index (χ0v) is 12.3. The van der Waals surface area contributed by atoms with Gasteiger partial charge >= 0.3 is 0 Å². The largest absolute Gasteiger partial charge is 0.492 e. The first-order valence-electron chi connectivity index (χ1n) is 4.79. The van der Waals surface area contributed by atoms with Gasteiger partial charge in [-0.05, 0) is 18.1 Å². The van der Waals surface area contributed by atoms with Crippen molar-refractivity contribution in [2.45, 2.75) is 18.7 Å². The first kappa shape index (κ1) is 14.9. The Morgan fingerprint density at radius 3 is 2.29 bits per heavy atom. The number of benzene rings is 1. The quantitative estimate of drug-likeness (QED) is 0.790. The van der Waals surface area contributed by atoms with Crippen LogP contribution in [0.3, 0.4) is 0 Å². The van der Waals surface area contributed by atoms with Gasteiger partial charge in [-0.2, -0.15) is 0 Å². The molecule has 0 fully saturated rings. The zero-order valence-electron chi connectivity index (χ0n) is 9.21. The van der Waals surface area contributed by atoms with Gasteiger partial charge in [0, 0.05) is 10.7 Å². The highest BCUT2D eigenvalue weighted by atomic mass is 35.7. The molecule has 0 bridgehead atoms. The highest BCUT2D eigenvalue weighted by Gasteiger charge is 2.19. The Hall–Kier alpha value is -0.160. The Kier molecular flexibility index (Phi) is 4.95. The normalized spacial score (nSPS) is 11.9. The fourth-order valence-corrected chi connectivity index (χ4v) is 2.86. The second-order valence-electron chi connectivity index (χ2n) is 3.83. The molecule has 0 amide bonds. The van der Waals surface area contributed by atoms with E-state index in [-0.39, 0.29) is 14.9 Å². The average molecular weight is 318 g/mol. The number of rotatable bonds is 4. The summed E-state index contributed by atoms with van der Waals surface area (Å²) in [6.07, 6.45) is 0. The van der Waals surface area contributed by atoms with Gasteiger partial charge in [-0.1, -0.05) is 37.0 Å². The maximum absolute atomic E-state index is 11.2. The van der Waals surface area contributed by atoms with E-state index in [2.05, 4.69) is 0 Å². The molecule has 0 saturated heterocycles. The summed E-state index contributed by atoms with van der Waals surface area (Å²) >= 11 is 11.7. The van der Waals surface area contributed by atoms with Gasteiger partial charge in [-0.25, -0.2) is 8.42 Å². The third kappa shape index (κ3) is 3.91. The van der Waals surface area contributed by atoms with Crippen molar-refractivity contribution in [2.24, 2.45) is 5.92 Å². The molecule has 0 aliphatic carbocycles. The third-order valence-electron chi connectivity index (χ3n) is 1.85. The summed E-state index contributed by atoms with van der Waals surface area (Å²) in [6.45, 7) is 4.42. The molecule has 1 aromatic rings. The lowest BCUT2D eigenvalue weighted by molar-refractivity contribution is 0.271. The zero-order chi connectivity index (χ0) is 13.2. The van der Waals surface area contributed by atoms with Gasteiger partial charge < -0.3 is 4.74 Å². The van der Waals surface area contributed by atoms with Crippen LogP contribution in [0.15, 0.2) is 17.0 Å². The Labute approximate surface area is 115 Å². The lowest BCUT2D eigenvalue weighted by Crippen LogP contribution is -2.05. The predicted octanol–water partition coefficient (Wildman–Crippen LogP) is 3.96. The first-order chi connectivity index (χ1) is 7.73. The van der Waals surface area contributed by atoms with E-state index in [4.69, 9.17) is 38.6 Å². The fraction of sp³-hybridized carbons (Fsp3) is 0.400. The Bertz CT molecular complexity index is 512. The maximum atomic E-state index is 11.2. The standard InChI is InChI=1S/C10H11Cl3O3S/c1-6(2)5-16-7-3-4-8(17(13,14)15)10(12)9(7)11/h3-4,6H,5H2,1-2H3. The summed E-state index contributed by atoms with van der Waals surface area (Å²) in [5.41, 5.74) is 0. The first-order valence-corrected chi connectivity index (χ1v) is 7.85. The molecule has 0 aliphatic rings. The fourth-order valence-electron chi connectivity index (χ4n) is 1.07. The lowest BCUT2D eigenvalue weighted by Gasteiger charge is -2.12. The second kappa shape index (κ2) is 5.65. The number of hydrogen-bond donors (Lipinski definition) is 0. The minimum atomic E-state index is -3.90. The lowest BCUT2D eigenvalue weighted by atomic mass is 10.2. The van der Waals surface area contributed by atoms with Crippen molar-refractivity contribution in [3.8, 4) is 5.75 Å². The minimum Gasteiger partial charge on any atom is -0.492 e. The molecule has 3 nitrogen and oxygen atoms in total. The average Bonchev–Trinajstić information content (AvgIpc) is 2.18. The molecule has 0 aliphatic heterocycles. The predicted molar refractivity (Wildman–Crippen MR) is 69.8 cm³/mol. The minimum absolute atomic E-state index is 0.0500. The molecule has 96 valence electrons. The molecule has 7 heteroatoms. The molecule has 0 aromatic heterocycles. The van der Waals surface area contributed by atoms with Crippen molar-refractivity contribution >= 4 is 42.9 Å². The maximum Gasteiger partial charge on any atom is 0.262 e. The SMILES string of the molecule is CC(C)COc1ccc(S(=O)(=O)Cl)c(Cl)c1Cl. The van der Waals surface area contributed by atoms with Crippen LogP contribution < -0.4 is 4.74 Å². The molecule has 0 atom stereocenters. The summed E-state index contributed by atoms with van der Waals surface area (Å²) in [4.78, 5) is -0.220. The summed E-state index contributed by atoms with van der Waals surface area (Å²) in [6, 6.07) is 2.71. The van der Waals surface area contributed by atoms with Crippen LogP contribution in [0.4, 0.5) is 0 Å². The van der Waals surface area contributed by atoms with Crippen molar-refractivity contribution in [3.63, 3.8) is 0 Å². The summed E-state index contributed by atoms with van der Waals surface area (Å²) in [7, 11) is 1.30. The number of ether oxygens (including phenoxy) is 1. The third-order valence-corrected chi connectivity index (χ3v) is 4.19. The van der Waals surface area contributed by atoms with Crippen LogP contribution >= 0.6 is 33.9 Å². The van der Waals surface area contributed by atoms with E-state index in [0.717, 1.165) is 0 Å². The summed E-state index contributed by atoms with van der Waals surface area (Å²) in [5.74, 6) is 0.663. The highest BCUT2D eigenvalue weighted by Crippen LogP contribution is 2.38. The van der Waals surface area contributed by atoms with Gasteiger partial charge in [0.1, 0.15) is 15.7 Å². The van der Waals surface area contributed by atoms with Crippen LogP contribution in [-0.2, 0) is 9.05 Å². The van der Waals surface area contributed by atoms with Crippen LogP contribution in [0, 0.1) is 5.92 Å². The van der Waals surface area contributed by atoms with Crippen molar-refractivity contribution in [3.05, 3.63) is 22.2 Å². The molecule has 0 N–H and O–H groups in total.